The monoisotopic (exact) mass is 861 g/mol. The first-order valence-corrected chi connectivity index (χ1v) is 27.7. The summed E-state index contributed by atoms with van der Waals surface area (Å²) in [6.07, 6.45) is 65.0. The van der Waals surface area contributed by atoms with Gasteiger partial charge in [-0.1, -0.05) is 302 Å². The summed E-state index contributed by atoms with van der Waals surface area (Å²) in [7, 11) is 0. The standard InChI is InChI=1S/C34H67NS.C21H41NS/c1-4-7-10-13-16-18-20-23-26-29-32-35(34(36)31-28-25-22-15-12-9-6-3)33-30-27-24-21-19-17-14-11-8-5-2;1-3-5-6-7-8-9-10-11-12-13-14-15-16-17-18-19-20-22-21(23)4-2/h28,31H,4-27,29-30,32-33H2,1-3H3;4H,2-3,5-20H2,1H3,(H,22,23). The molecule has 4 heteroatoms. The average Bonchev–Trinajstić information content (AvgIpc) is 3.25. The smallest absolute Gasteiger partial charge is 0.101 e. The molecule has 0 aliphatic rings. The van der Waals surface area contributed by atoms with E-state index < -0.39 is 0 Å². The lowest BCUT2D eigenvalue weighted by Crippen LogP contribution is -2.30. The van der Waals surface area contributed by atoms with Crippen molar-refractivity contribution < 1.29 is 0 Å². The molecule has 0 aliphatic carbocycles. The van der Waals surface area contributed by atoms with Gasteiger partial charge in [0.15, 0.2) is 0 Å². The Morgan fingerprint density at radius 3 is 0.966 bits per heavy atom. The highest BCUT2D eigenvalue weighted by molar-refractivity contribution is 7.80. The molecule has 0 saturated carbocycles. The minimum absolute atomic E-state index is 0.783. The van der Waals surface area contributed by atoms with Crippen LogP contribution in [0.5, 0.6) is 0 Å². The zero-order valence-electron chi connectivity index (χ0n) is 41.0. The summed E-state index contributed by atoms with van der Waals surface area (Å²) in [4.78, 5) is 4.40. The third-order valence-electron chi connectivity index (χ3n) is 12.1. The van der Waals surface area contributed by atoms with Gasteiger partial charge in [0.2, 0.25) is 0 Å². The Kier molecular flexibility index (Phi) is 56.5. The van der Waals surface area contributed by atoms with E-state index in [1.165, 1.54) is 270 Å². The highest BCUT2D eigenvalue weighted by Crippen LogP contribution is 2.16. The quantitative estimate of drug-likeness (QED) is 0.0372. The molecule has 350 valence electrons. The molecule has 0 aromatic carbocycles. The fourth-order valence-corrected chi connectivity index (χ4v) is 8.41. The molecule has 0 heterocycles. The Bertz CT molecular complexity index is 830. The van der Waals surface area contributed by atoms with Gasteiger partial charge in [-0.05, 0) is 44.3 Å². The fourth-order valence-electron chi connectivity index (χ4n) is 8.02. The predicted molar refractivity (Wildman–Crippen MR) is 281 cm³/mol. The SMILES string of the molecule is C=CC(=S)NCCCCCCCCCCCCCCCCCC.CCCCCCCC=CC(=S)N(CCCCCCCCCCCC)CCCCCCCCCCCC. The van der Waals surface area contributed by atoms with Gasteiger partial charge in [-0.2, -0.15) is 0 Å². The third-order valence-corrected chi connectivity index (χ3v) is 12.8. The van der Waals surface area contributed by atoms with Crippen LogP contribution < -0.4 is 5.32 Å². The number of nitrogens with zero attached hydrogens (tertiary/aromatic N) is 1. The molecule has 1 N–H and O–H groups in total. The van der Waals surface area contributed by atoms with E-state index in [4.69, 9.17) is 24.4 Å². The highest BCUT2D eigenvalue weighted by atomic mass is 32.1. The normalized spacial score (nSPS) is 11.2. The molecule has 2 nitrogen and oxygen atoms in total. The van der Waals surface area contributed by atoms with E-state index >= 15 is 0 Å². The molecule has 0 saturated heterocycles. The summed E-state index contributed by atoms with van der Waals surface area (Å²) in [5.41, 5.74) is 0. The zero-order valence-corrected chi connectivity index (χ0v) is 42.7. The molecule has 0 bridgehead atoms. The third kappa shape index (κ3) is 53.3. The van der Waals surface area contributed by atoms with Gasteiger partial charge in [0.05, 0.1) is 4.99 Å². The predicted octanol–water partition coefficient (Wildman–Crippen LogP) is 19.7. The number of hydrogen-bond donors (Lipinski definition) is 1. The second-order valence-electron chi connectivity index (χ2n) is 18.1. The molecule has 0 rings (SSSR count). The van der Waals surface area contributed by atoms with Gasteiger partial charge in [0.1, 0.15) is 4.99 Å². The number of rotatable bonds is 47. The Labute approximate surface area is 384 Å². The average molecular weight is 862 g/mol. The van der Waals surface area contributed by atoms with Gasteiger partial charge in [-0.3, -0.25) is 0 Å². The lowest BCUT2D eigenvalue weighted by Gasteiger charge is -2.24. The van der Waals surface area contributed by atoms with E-state index in [1.807, 2.05) is 0 Å². The Morgan fingerprint density at radius 2 is 0.661 bits per heavy atom. The molecular weight excluding hydrogens is 753 g/mol. The molecule has 0 aromatic rings. The fraction of sp³-hybridized carbons (Fsp3) is 0.891. The van der Waals surface area contributed by atoms with Crippen LogP contribution in [0.2, 0.25) is 0 Å². The molecular formula is C55H108N2S2. The van der Waals surface area contributed by atoms with Gasteiger partial charge in [-0.15, -0.1) is 0 Å². The van der Waals surface area contributed by atoms with Crippen LogP contribution in [0.1, 0.15) is 297 Å². The van der Waals surface area contributed by atoms with Gasteiger partial charge < -0.3 is 10.2 Å². The first-order valence-electron chi connectivity index (χ1n) is 26.9. The summed E-state index contributed by atoms with van der Waals surface area (Å²) < 4.78 is 0. The maximum Gasteiger partial charge on any atom is 0.101 e. The van der Waals surface area contributed by atoms with Crippen LogP contribution in [-0.4, -0.2) is 34.5 Å². The highest BCUT2D eigenvalue weighted by Gasteiger charge is 2.07. The molecule has 0 aromatic heterocycles. The van der Waals surface area contributed by atoms with E-state index in [2.05, 4.69) is 56.6 Å². The summed E-state index contributed by atoms with van der Waals surface area (Å²) in [6.45, 7) is 16.2. The van der Waals surface area contributed by atoms with E-state index in [0.29, 0.717) is 0 Å². The first kappa shape index (κ1) is 60.3. The van der Waals surface area contributed by atoms with Crippen molar-refractivity contribution in [2.45, 2.75) is 297 Å². The molecule has 0 radical (unpaired) electrons. The molecule has 0 unspecified atom stereocenters. The number of unbranched alkanes of at least 4 members (excludes halogenated alkanes) is 38. The number of hydrogen-bond acceptors (Lipinski definition) is 2. The Morgan fingerprint density at radius 1 is 0.390 bits per heavy atom. The van der Waals surface area contributed by atoms with Crippen LogP contribution >= 0.6 is 24.4 Å². The maximum absolute atomic E-state index is 5.87. The second kappa shape index (κ2) is 55.3. The van der Waals surface area contributed by atoms with E-state index in [-0.39, 0.29) is 0 Å². The van der Waals surface area contributed by atoms with Crippen molar-refractivity contribution in [2.75, 3.05) is 19.6 Å². The van der Waals surface area contributed by atoms with Crippen LogP contribution in [0.3, 0.4) is 0 Å². The van der Waals surface area contributed by atoms with Crippen LogP contribution in [0.15, 0.2) is 24.8 Å². The Hall–Kier alpha value is -0.740. The minimum atomic E-state index is 0.783. The van der Waals surface area contributed by atoms with Crippen molar-refractivity contribution in [2.24, 2.45) is 0 Å². The first-order chi connectivity index (χ1) is 29.1. The van der Waals surface area contributed by atoms with Gasteiger partial charge >= 0.3 is 0 Å². The lowest BCUT2D eigenvalue weighted by molar-refractivity contribution is 0.390. The van der Waals surface area contributed by atoms with E-state index in [1.54, 1.807) is 6.08 Å². The number of thiocarbonyl (C=S) groups is 2. The molecule has 0 fully saturated rings. The van der Waals surface area contributed by atoms with Gasteiger partial charge in [0.25, 0.3) is 0 Å². The molecule has 0 amide bonds. The molecule has 0 aliphatic heterocycles. The summed E-state index contributed by atoms with van der Waals surface area (Å²) in [5.74, 6) is 0. The van der Waals surface area contributed by atoms with Crippen LogP contribution in [0.4, 0.5) is 0 Å². The zero-order chi connectivity index (χ0) is 43.4. The molecule has 59 heavy (non-hydrogen) atoms. The van der Waals surface area contributed by atoms with E-state index in [0.717, 1.165) is 29.6 Å². The topological polar surface area (TPSA) is 15.3 Å². The van der Waals surface area contributed by atoms with Crippen molar-refractivity contribution in [3.8, 4) is 0 Å². The van der Waals surface area contributed by atoms with Crippen LogP contribution in [-0.2, 0) is 0 Å². The largest absolute Gasteiger partial charge is 0.376 e. The van der Waals surface area contributed by atoms with Crippen LogP contribution in [0.25, 0.3) is 0 Å². The van der Waals surface area contributed by atoms with Crippen LogP contribution in [0, 0.1) is 0 Å². The van der Waals surface area contributed by atoms with E-state index in [9.17, 15) is 0 Å². The maximum atomic E-state index is 5.87. The molecule has 0 atom stereocenters. The second-order valence-corrected chi connectivity index (χ2v) is 19.0. The summed E-state index contributed by atoms with van der Waals surface area (Å²) >= 11 is 10.9. The van der Waals surface area contributed by atoms with Crippen molar-refractivity contribution in [1.82, 2.24) is 10.2 Å². The number of allylic oxidation sites excluding steroid dienone is 1. The molecule has 0 spiro atoms. The van der Waals surface area contributed by atoms with Gasteiger partial charge in [-0.25, -0.2) is 0 Å². The van der Waals surface area contributed by atoms with Gasteiger partial charge in [0, 0.05) is 19.6 Å². The van der Waals surface area contributed by atoms with Crippen molar-refractivity contribution in [3.05, 3.63) is 24.8 Å². The Balaban J connectivity index is 0. The minimum Gasteiger partial charge on any atom is -0.376 e. The number of nitrogens with one attached hydrogen (secondary N) is 1. The van der Waals surface area contributed by atoms with Crippen molar-refractivity contribution in [1.29, 1.82) is 0 Å². The summed E-state index contributed by atoms with van der Waals surface area (Å²) in [5, 5.41) is 3.20. The summed E-state index contributed by atoms with van der Waals surface area (Å²) in [6, 6.07) is 0. The van der Waals surface area contributed by atoms with Crippen molar-refractivity contribution >= 4 is 34.4 Å². The van der Waals surface area contributed by atoms with Crippen molar-refractivity contribution in [3.63, 3.8) is 0 Å². The lowest BCUT2D eigenvalue weighted by atomic mass is 10.0.